The van der Waals surface area contributed by atoms with Crippen molar-refractivity contribution >= 4 is 11.5 Å². The second-order valence-electron chi connectivity index (χ2n) is 5.90. The molecule has 4 heteroatoms. The van der Waals surface area contributed by atoms with Crippen LogP contribution in [0.25, 0.3) is 0 Å². The van der Waals surface area contributed by atoms with Crippen LogP contribution in [0.1, 0.15) is 28.8 Å². The highest BCUT2D eigenvalue weighted by Crippen LogP contribution is 2.39. The minimum absolute atomic E-state index is 0.0319. The average Bonchev–Trinajstić information content (AvgIpc) is 3.15. The standard InChI is InChI=1S/C19H19NO3/c21-19(14-6-2-1-3-7-14)15-12-17-18(23-11-10-22-17)13-16(15)20-8-4-5-9-20/h1-3,6-7,12-13H,4-5,8-11H2. The first-order valence-electron chi connectivity index (χ1n) is 8.11. The number of carbonyl (C=O) groups is 1. The summed E-state index contributed by atoms with van der Waals surface area (Å²) in [5.41, 5.74) is 2.35. The third-order valence-corrected chi connectivity index (χ3v) is 4.39. The smallest absolute Gasteiger partial charge is 0.195 e. The molecule has 0 atom stereocenters. The lowest BCUT2D eigenvalue weighted by Crippen LogP contribution is -2.23. The van der Waals surface area contributed by atoms with Crippen LogP contribution in [0, 0.1) is 0 Å². The summed E-state index contributed by atoms with van der Waals surface area (Å²) in [6, 6.07) is 13.2. The van der Waals surface area contributed by atoms with Crippen LogP contribution in [-0.2, 0) is 0 Å². The molecule has 0 amide bonds. The molecular formula is C19H19NO3. The van der Waals surface area contributed by atoms with Crippen molar-refractivity contribution in [2.75, 3.05) is 31.2 Å². The van der Waals surface area contributed by atoms with Gasteiger partial charge in [-0.25, -0.2) is 0 Å². The van der Waals surface area contributed by atoms with Crippen LogP contribution in [0.2, 0.25) is 0 Å². The first-order valence-corrected chi connectivity index (χ1v) is 8.11. The highest BCUT2D eigenvalue weighted by Gasteiger charge is 2.25. The van der Waals surface area contributed by atoms with Crippen molar-refractivity contribution in [1.82, 2.24) is 0 Å². The average molecular weight is 309 g/mol. The minimum Gasteiger partial charge on any atom is -0.486 e. The fourth-order valence-electron chi connectivity index (χ4n) is 3.22. The van der Waals surface area contributed by atoms with E-state index in [0.29, 0.717) is 30.1 Å². The van der Waals surface area contributed by atoms with Gasteiger partial charge >= 0.3 is 0 Å². The molecule has 4 nitrogen and oxygen atoms in total. The topological polar surface area (TPSA) is 38.8 Å². The van der Waals surface area contributed by atoms with Gasteiger partial charge in [0.05, 0.1) is 5.69 Å². The first-order chi connectivity index (χ1) is 11.3. The summed E-state index contributed by atoms with van der Waals surface area (Å²) in [6.45, 7) is 3.04. The van der Waals surface area contributed by atoms with E-state index in [1.807, 2.05) is 42.5 Å². The summed E-state index contributed by atoms with van der Waals surface area (Å²) in [5, 5.41) is 0. The third kappa shape index (κ3) is 2.65. The van der Waals surface area contributed by atoms with E-state index in [-0.39, 0.29) is 5.78 Å². The zero-order chi connectivity index (χ0) is 15.6. The van der Waals surface area contributed by atoms with Crippen molar-refractivity contribution in [2.45, 2.75) is 12.8 Å². The van der Waals surface area contributed by atoms with Crippen LogP contribution in [0.5, 0.6) is 11.5 Å². The zero-order valence-electron chi connectivity index (χ0n) is 13.0. The number of hydrogen-bond donors (Lipinski definition) is 0. The molecular weight excluding hydrogens is 290 g/mol. The molecule has 0 saturated carbocycles. The number of rotatable bonds is 3. The van der Waals surface area contributed by atoms with Gasteiger partial charge in [-0.2, -0.15) is 0 Å². The molecule has 2 aromatic carbocycles. The number of ketones is 1. The summed E-state index contributed by atoms with van der Waals surface area (Å²) in [4.78, 5) is 15.3. The predicted molar refractivity (Wildman–Crippen MR) is 88.8 cm³/mol. The lowest BCUT2D eigenvalue weighted by Gasteiger charge is -2.25. The molecule has 118 valence electrons. The maximum atomic E-state index is 13.0. The largest absolute Gasteiger partial charge is 0.486 e. The number of ether oxygens (including phenoxy) is 2. The summed E-state index contributed by atoms with van der Waals surface area (Å²) < 4.78 is 11.4. The minimum atomic E-state index is 0.0319. The SMILES string of the molecule is O=C(c1ccccc1)c1cc2c(cc1N1CCCC1)OCCO2. The molecule has 2 aliphatic heterocycles. The summed E-state index contributed by atoms with van der Waals surface area (Å²) in [7, 11) is 0. The van der Waals surface area contributed by atoms with Crippen molar-refractivity contribution in [1.29, 1.82) is 0 Å². The first kappa shape index (κ1) is 14.1. The predicted octanol–water partition coefficient (Wildman–Crippen LogP) is 3.29. The fraction of sp³-hybridized carbons (Fsp3) is 0.316. The Bertz CT molecular complexity index is 721. The number of anilines is 1. The van der Waals surface area contributed by atoms with E-state index in [9.17, 15) is 4.79 Å². The maximum absolute atomic E-state index is 13.0. The molecule has 2 heterocycles. The zero-order valence-corrected chi connectivity index (χ0v) is 13.0. The monoisotopic (exact) mass is 309 g/mol. The van der Waals surface area contributed by atoms with Crippen molar-refractivity contribution in [2.24, 2.45) is 0 Å². The Kier molecular flexibility index (Phi) is 3.66. The Morgan fingerprint density at radius 2 is 1.57 bits per heavy atom. The summed E-state index contributed by atoms with van der Waals surface area (Å²) in [6.07, 6.45) is 2.32. The highest BCUT2D eigenvalue weighted by molar-refractivity contribution is 6.13. The van der Waals surface area contributed by atoms with Gasteiger partial charge in [0.15, 0.2) is 17.3 Å². The van der Waals surface area contributed by atoms with Crippen LogP contribution in [0.3, 0.4) is 0 Å². The van der Waals surface area contributed by atoms with Gasteiger partial charge in [0, 0.05) is 30.3 Å². The van der Waals surface area contributed by atoms with Crippen molar-refractivity contribution < 1.29 is 14.3 Å². The Morgan fingerprint density at radius 1 is 0.913 bits per heavy atom. The van der Waals surface area contributed by atoms with Crippen LogP contribution in [0.4, 0.5) is 5.69 Å². The van der Waals surface area contributed by atoms with Gasteiger partial charge in [-0.05, 0) is 18.9 Å². The Labute approximate surface area is 135 Å². The Hall–Kier alpha value is -2.49. The summed E-state index contributed by atoms with van der Waals surface area (Å²) in [5.74, 6) is 1.44. The van der Waals surface area contributed by atoms with E-state index in [2.05, 4.69) is 4.90 Å². The molecule has 0 unspecified atom stereocenters. The lowest BCUT2D eigenvalue weighted by atomic mass is 10.00. The third-order valence-electron chi connectivity index (χ3n) is 4.39. The van der Waals surface area contributed by atoms with E-state index in [1.54, 1.807) is 0 Å². The van der Waals surface area contributed by atoms with E-state index in [0.717, 1.165) is 37.4 Å². The van der Waals surface area contributed by atoms with E-state index in [1.165, 1.54) is 0 Å². The van der Waals surface area contributed by atoms with Crippen LogP contribution >= 0.6 is 0 Å². The van der Waals surface area contributed by atoms with E-state index >= 15 is 0 Å². The molecule has 4 rings (SSSR count). The molecule has 0 N–H and O–H groups in total. The van der Waals surface area contributed by atoms with Crippen LogP contribution in [0.15, 0.2) is 42.5 Å². The molecule has 2 aromatic rings. The number of fused-ring (bicyclic) bond motifs is 1. The van der Waals surface area contributed by atoms with Crippen LogP contribution in [-0.4, -0.2) is 32.1 Å². The summed E-state index contributed by atoms with van der Waals surface area (Å²) >= 11 is 0. The van der Waals surface area contributed by atoms with Crippen molar-refractivity contribution in [3.63, 3.8) is 0 Å². The molecule has 23 heavy (non-hydrogen) atoms. The number of carbonyl (C=O) groups excluding carboxylic acids is 1. The van der Waals surface area contributed by atoms with Gasteiger partial charge in [0.1, 0.15) is 13.2 Å². The van der Waals surface area contributed by atoms with Gasteiger partial charge in [-0.15, -0.1) is 0 Å². The van der Waals surface area contributed by atoms with Gasteiger partial charge in [-0.1, -0.05) is 30.3 Å². The molecule has 0 aromatic heterocycles. The molecule has 0 aliphatic carbocycles. The highest BCUT2D eigenvalue weighted by atomic mass is 16.6. The second-order valence-corrected chi connectivity index (χ2v) is 5.90. The Balaban J connectivity index is 1.81. The molecule has 0 radical (unpaired) electrons. The fourth-order valence-corrected chi connectivity index (χ4v) is 3.22. The second kappa shape index (κ2) is 5.95. The normalized spacial score (nSPS) is 16.4. The van der Waals surface area contributed by atoms with Crippen molar-refractivity contribution in [3.8, 4) is 11.5 Å². The van der Waals surface area contributed by atoms with Gasteiger partial charge in [-0.3, -0.25) is 4.79 Å². The Morgan fingerprint density at radius 3 is 2.26 bits per heavy atom. The maximum Gasteiger partial charge on any atom is 0.195 e. The molecule has 1 saturated heterocycles. The van der Waals surface area contributed by atoms with E-state index < -0.39 is 0 Å². The van der Waals surface area contributed by atoms with Crippen LogP contribution < -0.4 is 14.4 Å². The van der Waals surface area contributed by atoms with Gasteiger partial charge in [0.25, 0.3) is 0 Å². The van der Waals surface area contributed by atoms with Gasteiger partial charge in [0.2, 0.25) is 0 Å². The number of benzene rings is 2. The number of hydrogen-bond acceptors (Lipinski definition) is 4. The van der Waals surface area contributed by atoms with Gasteiger partial charge < -0.3 is 14.4 Å². The van der Waals surface area contributed by atoms with E-state index in [4.69, 9.17) is 9.47 Å². The van der Waals surface area contributed by atoms with Crippen molar-refractivity contribution in [3.05, 3.63) is 53.6 Å². The molecule has 1 fully saturated rings. The molecule has 0 bridgehead atoms. The number of nitrogens with zero attached hydrogens (tertiary/aromatic N) is 1. The lowest BCUT2D eigenvalue weighted by molar-refractivity contribution is 0.103. The quantitative estimate of drug-likeness (QED) is 0.816. The molecule has 2 aliphatic rings. The molecule has 0 spiro atoms.